The Hall–Kier alpha value is -3.14. The summed E-state index contributed by atoms with van der Waals surface area (Å²) in [5, 5.41) is 20.3. The van der Waals surface area contributed by atoms with Crippen molar-refractivity contribution < 1.29 is 38.1 Å². The molecule has 276 valence electrons. The maximum Gasteiger partial charge on any atom is 0.333 e. The van der Waals surface area contributed by atoms with Crippen molar-refractivity contribution in [2.75, 3.05) is 13.2 Å². The van der Waals surface area contributed by atoms with Gasteiger partial charge in [-0.2, -0.15) is 0 Å². The van der Waals surface area contributed by atoms with Crippen LogP contribution in [0, 0.1) is 17.6 Å². The third-order valence-electron chi connectivity index (χ3n) is 10.2. The van der Waals surface area contributed by atoms with E-state index < -0.39 is 31.6 Å². The third-order valence-corrected chi connectivity index (χ3v) is 13.8. The number of halogens is 2. The zero-order valence-electron chi connectivity index (χ0n) is 30.8. The van der Waals surface area contributed by atoms with Crippen LogP contribution in [-0.2, 0) is 38.7 Å². The average molecular weight is 713 g/mol. The largest absolute Gasteiger partial charge is 0.457 e. The second-order valence-corrected chi connectivity index (χ2v) is 19.6. The summed E-state index contributed by atoms with van der Waals surface area (Å²) in [7, 11) is -2.28. The summed E-state index contributed by atoms with van der Waals surface area (Å²) in [6.07, 6.45) is 7.80. The Balaban J connectivity index is 1.96. The van der Waals surface area contributed by atoms with Crippen LogP contribution in [0.4, 0.5) is 8.78 Å². The summed E-state index contributed by atoms with van der Waals surface area (Å²) < 4.78 is 41.8. The van der Waals surface area contributed by atoms with Gasteiger partial charge in [-0.15, -0.1) is 0 Å². The number of carbonyl (C=O) groups is 2. The van der Waals surface area contributed by atoms with E-state index in [1.165, 1.54) is 0 Å². The minimum Gasteiger partial charge on any atom is -0.457 e. The molecule has 0 unspecified atom stereocenters. The Labute approximate surface area is 299 Å². The Morgan fingerprint density at radius 3 is 1.88 bits per heavy atom. The van der Waals surface area contributed by atoms with Gasteiger partial charge in [0, 0.05) is 30.3 Å². The molecule has 6 nitrogen and oxygen atoms in total. The fraction of sp³-hybridized carbons (Fsp3) is 0.561. The predicted molar refractivity (Wildman–Crippen MR) is 198 cm³/mol. The van der Waals surface area contributed by atoms with Gasteiger partial charge in [-0.1, -0.05) is 82.7 Å². The number of aliphatic hydroxyl groups excluding tert-OH is 2. The Bertz CT molecular complexity index is 1440. The van der Waals surface area contributed by atoms with Gasteiger partial charge in [0.2, 0.25) is 0 Å². The van der Waals surface area contributed by atoms with Gasteiger partial charge in [-0.05, 0) is 104 Å². The van der Waals surface area contributed by atoms with Crippen LogP contribution in [0.15, 0.2) is 48.6 Å². The SMILES string of the molecule is C=C(C)C(=O)OCc1cc(C2CCC(c3ccc(CCCCC)c(F)c3F)CC2)cc(COC(=O)C(=C)C)c1[Si](C)(C)CCCC(CO)CO. The van der Waals surface area contributed by atoms with E-state index in [0.29, 0.717) is 48.0 Å². The summed E-state index contributed by atoms with van der Waals surface area (Å²) in [6.45, 7) is 17.1. The predicted octanol–water partition coefficient (Wildman–Crippen LogP) is 8.67. The van der Waals surface area contributed by atoms with Crippen LogP contribution >= 0.6 is 0 Å². The molecule has 0 amide bonds. The molecule has 1 aliphatic carbocycles. The fourth-order valence-electron chi connectivity index (χ4n) is 7.27. The number of hydrogen-bond donors (Lipinski definition) is 2. The maximum absolute atomic E-state index is 15.3. The van der Waals surface area contributed by atoms with Crippen molar-refractivity contribution in [1.29, 1.82) is 0 Å². The van der Waals surface area contributed by atoms with Crippen LogP contribution < -0.4 is 5.19 Å². The van der Waals surface area contributed by atoms with Gasteiger partial charge in [0.1, 0.15) is 13.2 Å². The van der Waals surface area contributed by atoms with Crippen LogP contribution in [0.1, 0.15) is 118 Å². The highest BCUT2D eigenvalue weighted by molar-refractivity contribution is 6.90. The Morgan fingerprint density at radius 1 is 0.840 bits per heavy atom. The van der Waals surface area contributed by atoms with E-state index in [9.17, 15) is 19.8 Å². The van der Waals surface area contributed by atoms with Crippen molar-refractivity contribution in [3.05, 3.63) is 88.0 Å². The van der Waals surface area contributed by atoms with Crippen molar-refractivity contribution in [3.63, 3.8) is 0 Å². The van der Waals surface area contributed by atoms with Crippen molar-refractivity contribution in [2.24, 2.45) is 5.92 Å². The highest BCUT2D eigenvalue weighted by Crippen LogP contribution is 2.42. The summed E-state index contributed by atoms with van der Waals surface area (Å²) in [4.78, 5) is 25.1. The van der Waals surface area contributed by atoms with Gasteiger partial charge in [0.25, 0.3) is 0 Å². The standard InChI is InChI=1S/C41H58F2O6Si/c1-8-9-10-13-32-18-19-36(38(43)37(32)42)31-16-14-30(15-17-31)33-21-34(25-48-40(46)27(2)3)39(35(22-33)26-49-41(47)28(4)5)50(6,7)20-11-12-29(23-44)24-45/h18-19,21-22,29-31,44-45H,2,4,8-17,20,23-26H2,1,3,5-7H3. The van der Waals surface area contributed by atoms with E-state index in [4.69, 9.17) is 9.47 Å². The minimum absolute atomic E-state index is 0.0348. The van der Waals surface area contributed by atoms with E-state index in [1.54, 1.807) is 26.0 Å². The second kappa shape index (κ2) is 19.5. The first-order chi connectivity index (χ1) is 23.7. The van der Waals surface area contributed by atoms with Crippen LogP contribution in [0.5, 0.6) is 0 Å². The molecular formula is C41H58F2O6Si. The highest BCUT2D eigenvalue weighted by atomic mass is 28.3. The monoisotopic (exact) mass is 712 g/mol. The first-order valence-electron chi connectivity index (χ1n) is 18.2. The molecule has 9 heteroatoms. The lowest BCUT2D eigenvalue weighted by Gasteiger charge is -2.33. The van der Waals surface area contributed by atoms with Crippen LogP contribution in [-0.4, -0.2) is 43.4 Å². The van der Waals surface area contributed by atoms with Gasteiger partial charge < -0.3 is 19.7 Å². The molecular weight excluding hydrogens is 655 g/mol. The summed E-state index contributed by atoms with van der Waals surface area (Å²) >= 11 is 0. The zero-order valence-corrected chi connectivity index (χ0v) is 31.8. The van der Waals surface area contributed by atoms with Gasteiger partial charge in [0.15, 0.2) is 11.6 Å². The smallest absolute Gasteiger partial charge is 0.333 e. The molecule has 2 aromatic rings. The molecule has 0 radical (unpaired) electrons. The molecule has 0 aliphatic heterocycles. The number of aliphatic hydroxyl groups is 2. The summed E-state index contributed by atoms with van der Waals surface area (Å²) in [5.74, 6) is -2.54. The van der Waals surface area contributed by atoms with Crippen molar-refractivity contribution in [1.82, 2.24) is 0 Å². The molecule has 1 fully saturated rings. The number of hydrogen-bond acceptors (Lipinski definition) is 6. The van der Waals surface area contributed by atoms with Crippen LogP contribution in [0.25, 0.3) is 0 Å². The molecule has 1 aliphatic rings. The highest BCUT2D eigenvalue weighted by Gasteiger charge is 2.33. The van der Waals surface area contributed by atoms with E-state index in [0.717, 1.165) is 66.4 Å². The molecule has 0 spiro atoms. The number of unbranched alkanes of at least 4 members (excludes halogenated alkanes) is 2. The average Bonchev–Trinajstić information content (AvgIpc) is 3.09. The lowest BCUT2D eigenvalue weighted by molar-refractivity contribution is -0.140. The molecule has 1 saturated carbocycles. The maximum atomic E-state index is 15.3. The zero-order chi connectivity index (χ0) is 37.0. The molecule has 0 atom stereocenters. The number of carbonyl (C=O) groups excluding carboxylic acids is 2. The number of ether oxygens (including phenoxy) is 2. The number of aryl methyl sites for hydroxylation is 1. The molecule has 0 heterocycles. The Kier molecular flexibility index (Phi) is 16.1. The molecule has 50 heavy (non-hydrogen) atoms. The molecule has 3 rings (SSSR count). The minimum atomic E-state index is -2.28. The molecule has 2 N–H and O–H groups in total. The summed E-state index contributed by atoms with van der Waals surface area (Å²) in [5.41, 5.74) is 4.26. The molecule has 0 aromatic heterocycles. The lowest BCUT2D eigenvalue weighted by atomic mass is 9.75. The number of esters is 2. The van der Waals surface area contributed by atoms with Crippen molar-refractivity contribution >= 4 is 25.2 Å². The van der Waals surface area contributed by atoms with Gasteiger partial charge in [0.05, 0.1) is 8.07 Å². The molecule has 0 saturated heterocycles. The number of benzene rings is 2. The van der Waals surface area contributed by atoms with Crippen LogP contribution in [0.2, 0.25) is 19.1 Å². The van der Waals surface area contributed by atoms with Gasteiger partial charge in [-0.3, -0.25) is 0 Å². The van der Waals surface area contributed by atoms with Gasteiger partial charge >= 0.3 is 11.9 Å². The molecule has 2 aromatic carbocycles. The Morgan fingerprint density at radius 2 is 1.38 bits per heavy atom. The normalized spacial score (nSPS) is 16.4. The van der Waals surface area contributed by atoms with E-state index >= 15 is 8.78 Å². The first-order valence-corrected chi connectivity index (χ1v) is 21.4. The second-order valence-electron chi connectivity index (χ2n) is 14.9. The van der Waals surface area contributed by atoms with E-state index in [-0.39, 0.29) is 44.2 Å². The van der Waals surface area contributed by atoms with E-state index in [1.807, 2.05) is 0 Å². The van der Waals surface area contributed by atoms with Gasteiger partial charge in [-0.25, -0.2) is 18.4 Å². The van der Waals surface area contributed by atoms with Crippen LogP contribution in [0.3, 0.4) is 0 Å². The fourth-order valence-corrected chi connectivity index (χ4v) is 10.6. The summed E-state index contributed by atoms with van der Waals surface area (Å²) in [6, 6.07) is 8.60. The van der Waals surface area contributed by atoms with Crippen molar-refractivity contribution in [3.8, 4) is 0 Å². The van der Waals surface area contributed by atoms with Crippen molar-refractivity contribution in [2.45, 2.75) is 129 Å². The quantitative estimate of drug-likeness (QED) is 0.0656. The lowest BCUT2D eigenvalue weighted by Crippen LogP contribution is -2.46. The topological polar surface area (TPSA) is 93.1 Å². The first kappa shape index (κ1) is 41.3. The molecule has 0 bridgehead atoms. The number of rotatable bonds is 19. The van der Waals surface area contributed by atoms with E-state index in [2.05, 4.69) is 45.3 Å². The third kappa shape index (κ3) is 11.2.